The summed E-state index contributed by atoms with van der Waals surface area (Å²) >= 11 is 0. The number of carbonyl (C=O) groups is 1. The zero-order valence-electron chi connectivity index (χ0n) is 15.9. The van der Waals surface area contributed by atoms with Crippen molar-refractivity contribution in [3.63, 3.8) is 0 Å². The second kappa shape index (κ2) is 10.7. The van der Waals surface area contributed by atoms with Crippen LogP contribution >= 0.6 is 12.4 Å². The Bertz CT molecular complexity index is 729. The summed E-state index contributed by atoms with van der Waals surface area (Å²) in [5.41, 5.74) is 0. The van der Waals surface area contributed by atoms with Gasteiger partial charge in [-0.1, -0.05) is 0 Å². The lowest BCUT2D eigenvalue weighted by molar-refractivity contribution is -0.130. The van der Waals surface area contributed by atoms with Crippen LogP contribution in [0.25, 0.3) is 0 Å². The summed E-state index contributed by atoms with van der Waals surface area (Å²) < 4.78 is 37.5. The Balaban J connectivity index is 0.00000364. The van der Waals surface area contributed by atoms with E-state index in [4.69, 9.17) is 9.47 Å². The van der Waals surface area contributed by atoms with Gasteiger partial charge in [-0.05, 0) is 38.1 Å². The minimum Gasteiger partial charge on any atom is -0.493 e. The van der Waals surface area contributed by atoms with Crippen LogP contribution in [0.3, 0.4) is 0 Å². The van der Waals surface area contributed by atoms with Gasteiger partial charge in [0, 0.05) is 32.1 Å². The fourth-order valence-electron chi connectivity index (χ4n) is 3.03. The molecule has 2 N–H and O–H groups in total. The summed E-state index contributed by atoms with van der Waals surface area (Å²) in [5.74, 6) is 1.22. The molecule has 27 heavy (non-hydrogen) atoms. The summed E-state index contributed by atoms with van der Waals surface area (Å²) in [6.45, 7) is 2.40. The van der Waals surface area contributed by atoms with Gasteiger partial charge in [-0.25, -0.2) is 13.1 Å². The zero-order chi connectivity index (χ0) is 19.2. The summed E-state index contributed by atoms with van der Waals surface area (Å²) in [7, 11) is 1.10. The second-order valence-electron chi connectivity index (χ2n) is 6.22. The molecule has 1 atom stereocenters. The van der Waals surface area contributed by atoms with E-state index in [0.29, 0.717) is 17.4 Å². The number of nitrogens with zero attached hydrogens (tertiary/aromatic N) is 1. The Morgan fingerprint density at radius 1 is 1.26 bits per heavy atom. The Morgan fingerprint density at radius 3 is 2.59 bits per heavy atom. The van der Waals surface area contributed by atoms with Gasteiger partial charge in [0.2, 0.25) is 15.9 Å². The lowest BCUT2D eigenvalue weighted by Gasteiger charge is -2.17. The number of amides is 1. The molecule has 1 aliphatic heterocycles. The number of methoxy groups -OCH3 is 2. The highest BCUT2D eigenvalue weighted by Crippen LogP contribution is 2.29. The third-order valence-corrected chi connectivity index (χ3v) is 5.89. The van der Waals surface area contributed by atoms with Crippen LogP contribution in [0, 0.1) is 5.92 Å². The first-order valence-electron chi connectivity index (χ1n) is 8.55. The van der Waals surface area contributed by atoms with Crippen LogP contribution in [0.5, 0.6) is 11.5 Å². The van der Waals surface area contributed by atoms with Gasteiger partial charge < -0.3 is 19.7 Å². The number of benzene rings is 1. The SMILES string of the molecule is CNCC1CCN(C(=O)CCNS(=O)(=O)c2ccc(OC)c(OC)c2)C1.Cl. The number of carbonyl (C=O) groups excluding carboxylic acids is 1. The fourth-order valence-corrected chi connectivity index (χ4v) is 4.08. The summed E-state index contributed by atoms with van der Waals surface area (Å²) in [4.78, 5) is 14.1. The predicted molar refractivity (Wildman–Crippen MR) is 105 cm³/mol. The van der Waals surface area contributed by atoms with Crippen molar-refractivity contribution in [1.29, 1.82) is 0 Å². The number of hydrogen-bond donors (Lipinski definition) is 2. The van der Waals surface area contributed by atoms with E-state index in [-0.39, 0.29) is 36.2 Å². The van der Waals surface area contributed by atoms with Crippen LogP contribution < -0.4 is 19.5 Å². The monoisotopic (exact) mass is 421 g/mol. The molecule has 1 fully saturated rings. The topological polar surface area (TPSA) is 97.0 Å². The molecule has 2 rings (SSSR count). The predicted octanol–water partition coefficient (Wildman–Crippen LogP) is 0.862. The van der Waals surface area contributed by atoms with Gasteiger partial charge >= 0.3 is 0 Å². The van der Waals surface area contributed by atoms with E-state index >= 15 is 0 Å². The van der Waals surface area contributed by atoms with Crippen LogP contribution in [0.2, 0.25) is 0 Å². The number of hydrogen-bond acceptors (Lipinski definition) is 6. The van der Waals surface area contributed by atoms with E-state index in [2.05, 4.69) is 10.0 Å². The molecule has 0 spiro atoms. The van der Waals surface area contributed by atoms with Crippen molar-refractivity contribution in [1.82, 2.24) is 14.9 Å². The number of nitrogens with one attached hydrogen (secondary N) is 2. The maximum atomic E-state index is 12.4. The lowest BCUT2D eigenvalue weighted by Crippen LogP contribution is -2.34. The third-order valence-electron chi connectivity index (χ3n) is 4.43. The molecule has 0 aromatic heterocycles. The molecular formula is C17H28ClN3O5S. The largest absolute Gasteiger partial charge is 0.493 e. The minimum atomic E-state index is -3.72. The molecule has 1 aromatic rings. The first kappa shape index (κ1) is 23.5. The van der Waals surface area contributed by atoms with Gasteiger partial charge in [0.05, 0.1) is 19.1 Å². The highest BCUT2D eigenvalue weighted by molar-refractivity contribution is 7.89. The van der Waals surface area contributed by atoms with Crippen molar-refractivity contribution >= 4 is 28.3 Å². The Kier molecular flexibility index (Phi) is 9.31. The first-order valence-corrected chi connectivity index (χ1v) is 10.0. The van der Waals surface area contributed by atoms with E-state index in [1.807, 2.05) is 7.05 Å². The van der Waals surface area contributed by atoms with Gasteiger partial charge in [-0.3, -0.25) is 4.79 Å². The molecule has 8 nitrogen and oxygen atoms in total. The van der Waals surface area contributed by atoms with Crippen molar-refractivity contribution in [3.8, 4) is 11.5 Å². The first-order chi connectivity index (χ1) is 12.4. The number of likely N-dealkylation sites (tertiary alicyclic amines) is 1. The molecule has 1 unspecified atom stereocenters. The number of halogens is 1. The van der Waals surface area contributed by atoms with Crippen molar-refractivity contribution in [3.05, 3.63) is 18.2 Å². The van der Waals surface area contributed by atoms with E-state index in [1.165, 1.54) is 32.4 Å². The quantitative estimate of drug-likeness (QED) is 0.614. The van der Waals surface area contributed by atoms with Crippen molar-refractivity contribution in [2.45, 2.75) is 17.7 Å². The molecule has 0 aliphatic carbocycles. The molecule has 1 heterocycles. The summed E-state index contributed by atoms with van der Waals surface area (Å²) in [6, 6.07) is 4.37. The van der Waals surface area contributed by atoms with Gasteiger partial charge in [-0.15, -0.1) is 12.4 Å². The van der Waals surface area contributed by atoms with Gasteiger partial charge in [-0.2, -0.15) is 0 Å². The standard InChI is InChI=1S/C17H27N3O5S.ClH/c1-18-11-13-7-9-20(12-13)17(21)6-8-19-26(22,23)14-4-5-15(24-2)16(10-14)25-3;/h4-5,10,13,18-19H,6-9,11-12H2,1-3H3;1H. The number of sulfonamides is 1. The molecular weight excluding hydrogens is 394 g/mol. The molecule has 154 valence electrons. The van der Waals surface area contributed by atoms with Gasteiger partial charge in [0.25, 0.3) is 0 Å². The molecule has 10 heteroatoms. The van der Waals surface area contributed by atoms with Crippen molar-refractivity contribution < 1.29 is 22.7 Å². The van der Waals surface area contributed by atoms with Crippen molar-refractivity contribution in [2.24, 2.45) is 5.92 Å². The summed E-state index contributed by atoms with van der Waals surface area (Å²) in [6.07, 6.45) is 1.11. The molecule has 1 saturated heterocycles. The third kappa shape index (κ3) is 6.24. The van der Waals surface area contributed by atoms with Crippen molar-refractivity contribution in [2.75, 3.05) is 47.4 Å². The normalized spacial score (nSPS) is 16.7. The van der Waals surface area contributed by atoms with Crippen LogP contribution in [0.1, 0.15) is 12.8 Å². The molecule has 1 aromatic carbocycles. The van der Waals surface area contributed by atoms with E-state index in [1.54, 1.807) is 4.90 Å². The fraction of sp³-hybridized carbons (Fsp3) is 0.588. The van der Waals surface area contributed by atoms with E-state index in [0.717, 1.165) is 26.1 Å². The average Bonchev–Trinajstić information content (AvgIpc) is 3.10. The second-order valence-corrected chi connectivity index (χ2v) is 7.98. The highest BCUT2D eigenvalue weighted by Gasteiger charge is 2.25. The molecule has 0 saturated carbocycles. The van der Waals surface area contributed by atoms with E-state index in [9.17, 15) is 13.2 Å². The van der Waals surface area contributed by atoms with Crippen LogP contribution in [-0.2, 0) is 14.8 Å². The number of ether oxygens (including phenoxy) is 2. The van der Waals surface area contributed by atoms with Gasteiger partial charge in [0.15, 0.2) is 11.5 Å². The molecule has 0 bridgehead atoms. The summed E-state index contributed by atoms with van der Waals surface area (Å²) in [5, 5.41) is 3.12. The van der Waals surface area contributed by atoms with Crippen LogP contribution in [-0.4, -0.2) is 66.7 Å². The Hall–Kier alpha value is -1.55. The molecule has 1 amide bonds. The molecule has 0 radical (unpaired) electrons. The zero-order valence-corrected chi connectivity index (χ0v) is 17.5. The number of rotatable bonds is 9. The average molecular weight is 422 g/mol. The Labute approximate surface area is 167 Å². The van der Waals surface area contributed by atoms with Gasteiger partial charge in [0.1, 0.15) is 0 Å². The Morgan fingerprint density at radius 2 is 1.96 bits per heavy atom. The lowest BCUT2D eigenvalue weighted by atomic mass is 10.1. The van der Waals surface area contributed by atoms with Crippen LogP contribution in [0.15, 0.2) is 23.1 Å². The highest BCUT2D eigenvalue weighted by atomic mass is 35.5. The minimum absolute atomic E-state index is 0. The maximum absolute atomic E-state index is 12.4. The van der Waals surface area contributed by atoms with E-state index < -0.39 is 10.0 Å². The molecule has 1 aliphatic rings. The van der Waals surface area contributed by atoms with Crippen LogP contribution in [0.4, 0.5) is 0 Å². The maximum Gasteiger partial charge on any atom is 0.240 e. The smallest absolute Gasteiger partial charge is 0.240 e.